The number of hydrogen-bond acceptors (Lipinski definition) is 2. The van der Waals surface area contributed by atoms with Gasteiger partial charge in [-0.2, -0.15) is 0 Å². The Morgan fingerprint density at radius 3 is 2.42 bits per heavy atom. The summed E-state index contributed by atoms with van der Waals surface area (Å²) in [4.78, 5) is 13.8. The van der Waals surface area contributed by atoms with Gasteiger partial charge in [0.2, 0.25) is 0 Å². The van der Waals surface area contributed by atoms with Gasteiger partial charge in [-0.25, -0.2) is 8.78 Å². The minimum atomic E-state index is -0.926. The van der Waals surface area contributed by atoms with Crippen LogP contribution in [0.5, 0.6) is 5.75 Å². The number of benzene rings is 3. The number of ether oxygens (including phenoxy) is 1. The van der Waals surface area contributed by atoms with Gasteiger partial charge in [0.05, 0.1) is 17.2 Å². The molecule has 0 unspecified atom stereocenters. The number of nitrogens with zero attached hydrogens (tertiary/aromatic N) is 1. The van der Waals surface area contributed by atoms with E-state index in [9.17, 15) is 13.6 Å². The van der Waals surface area contributed by atoms with Gasteiger partial charge in [-0.05, 0) is 73.4 Å². The van der Waals surface area contributed by atoms with Crippen molar-refractivity contribution in [2.45, 2.75) is 71.6 Å². The second-order valence-corrected chi connectivity index (χ2v) is 10.6. The minimum absolute atomic E-state index is 0.0636. The smallest absolute Gasteiger partial charge is 0.254 e. The molecule has 1 heterocycles. The van der Waals surface area contributed by atoms with E-state index in [1.807, 2.05) is 31.2 Å². The first-order chi connectivity index (χ1) is 18.3. The fourth-order valence-corrected chi connectivity index (χ4v) is 5.62. The number of nitrogens with one attached hydrogen (secondary N) is 1. The molecule has 1 aliphatic rings. The molecule has 1 N–H and O–H groups in total. The summed E-state index contributed by atoms with van der Waals surface area (Å²) in [5.41, 5.74) is 5.14. The Kier molecular flexibility index (Phi) is 7.50. The summed E-state index contributed by atoms with van der Waals surface area (Å²) < 4.78 is 35.8. The van der Waals surface area contributed by atoms with Crippen molar-refractivity contribution in [1.82, 2.24) is 9.88 Å². The lowest BCUT2D eigenvalue weighted by Crippen LogP contribution is -2.24. The highest BCUT2D eigenvalue weighted by Crippen LogP contribution is 2.37. The Labute approximate surface area is 222 Å². The van der Waals surface area contributed by atoms with Crippen LogP contribution in [0.2, 0.25) is 0 Å². The van der Waals surface area contributed by atoms with Crippen LogP contribution in [0.4, 0.5) is 8.78 Å². The van der Waals surface area contributed by atoms with Gasteiger partial charge < -0.3 is 14.6 Å². The topological polar surface area (TPSA) is 43.3 Å². The Morgan fingerprint density at radius 1 is 1.00 bits per heavy atom. The summed E-state index contributed by atoms with van der Waals surface area (Å²) in [6, 6.07) is 18.0. The molecule has 1 aliphatic carbocycles. The van der Waals surface area contributed by atoms with Crippen LogP contribution in [0.1, 0.15) is 78.2 Å². The van der Waals surface area contributed by atoms with Crippen LogP contribution in [-0.2, 0) is 13.1 Å². The SMILES string of the molecule is Cc1cc(OC2CCCC2)cc2c1c(C(=O)NCc1ccc(F)c(F)c1)c(C(C)C)n2Cc1ccccc1. The maximum Gasteiger partial charge on any atom is 0.254 e. The van der Waals surface area contributed by atoms with E-state index in [2.05, 4.69) is 41.9 Å². The average molecular weight is 517 g/mol. The number of fused-ring (bicyclic) bond motifs is 1. The predicted octanol–water partition coefficient (Wildman–Crippen LogP) is 7.65. The molecule has 1 saturated carbocycles. The van der Waals surface area contributed by atoms with E-state index in [0.29, 0.717) is 17.7 Å². The molecule has 198 valence electrons. The highest BCUT2D eigenvalue weighted by atomic mass is 19.2. The van der Waals surface area contributed by atoms with Crippen LogP contribution in [-0.4, -0.2) is 16.6 Å². The second-order valence-electron chi connectivity index (χ2n) is 10.6. The van der Waals surface area contributed by atoms with E-state index in [4.69, 9.17) is 4.74 Å². The fraction of sp³-hybridized carbons (Fsp3) is 0.344. The van der Waals surface area contributed by atoms with Crippen molar-refractivity contribution in [2.75, 3.05) is 0 Å². The van der Waals surface area contributed by atoms with Gasteiger partial charge in [-0.15, -0.1) is 0 Å². The zero-order chi connectivity index (χ0) is 26.8. The summed E-state index contributed by atoms with van der Waals surface area (Å²) in [6.07, 6.45) is 4.74. The number of aryl methyl sites for hydroxylation is 1. The number of rotatable bonds is 8. The van der Waals surface area contributed by atoms with Crippen molar-refractivity contribution >= 4 is 16.8 Å². The normalized spacial score (nSPS) is 13.9. The molecule has 0 atom stereocenters. The summed E-state index contributed by atoms with van der Waals surface area (Å²) in [7, 11) is 0. The molecule has 38 heavy (non-hydrogen) atoms. The monoisotopic (exact) mass is 516 g/mol. The maximum absolute atomic E-state index is 13.8. The molecular weight excluding hydrogens is 482 g/mol. The lowest BCUT2D eigenvalue weighted by Gasteiger charge is -2.16. The molecule has 0 aliphatic heterocycles. The molecule has 0 radical (unpaired) electrons. The lowest BCUT2D eigenvalue weighted by molar-refractivity contribution is 0.0950. The molecule has 4 aromatic rings. The summed E-state index contributed by atoms with van der Waals surface area (Å²) >= 11 is 0. The average Bonchev–Trinajstić information content (AvgIpc) is 3.52. The van der Waals surface area contributed by atoms with Crippen molar-refractivity contribution in [3.63, 3.8) is 0 Å². The zero-order valence-electron chi connectivity index (χ0n) is 22.2. The first-order valence-corrected chi connectivity index (χ1v) is 13.4. The van der Waals surface area contributed by atoms with Crippen molar-refractivity contribution < 1.29 is 18.3 Å². The number of aromatic nitrogens is 1. The van der Waals surface area contributed by atoms with Gasteiger partial charge in [0.25, 0.3) is 5.91 Å². The van der Waals surface area contributed by atoms with E-state index in [0.717, 1.165) is 58.4 Å². The van der Waals surface area contributed by atoms with Crippen LogP contribution < -0.4 is 10.1 Å². The van der Waals surface area contributed by atoms with E-state index < -0.39 is 11.6 Å². The van der Waals surface area contributed by atoms with E-state index in [1.54, 1.807) is 0 Å². The number of amides is 1. The van der Waals surface area contributed by atoms with Gasteiger partial charge in [-0.3, -0.25) is 4.79 Å². The highest BCUT2D eigenvalue weighted by Gasteiger charge is 2.27. The molecule has 1 fully saturated rings. The van der Waals surface area contributed by atoms with Crippen molar-refractivity contribution in [3.05, 3.63) is 100 Å². The third kappa shape index (κ3) is 5.31. The van der Waals surface area contributed by atoms with E-state index >= 15 is 0 Å². The largest absolute Gasteiger partial charge is 0.490 e. The van der Waals surface area contributed by atoms with Gasteiger partial charge in [0.1, 0.15) is 5.75 Å². The van der Waals surface area contributed by atoms with Crippen LogP contribution in [0.3, 0.4) is 0 Å². The second kappa shape index (κ2) is 11.0. The van der Waals surface area contributed by atoms with Gasteiger partial charge in [-0.1, -0.05) is 50.2 Å². The number of hydrogen-bond donors (Lipinski definition) is 1. The molecule has 0 bridgehead atoms. The molecule has 4 nitrogen and oxygen atoms in total. The quantitative estimate of drug-likeness (QED) is 0.261. The van der Waals surface area contributed by atoms with Gasteiger partial charge >= 0.3 is 0 Å². The fourth-order valence-electron chi connectivity index (χ4n) is 5.62. The zero-order valence-corrected chi connectivity index (χ0v) is 22.2. The standard InChI is InChI=1S/C32H34F2N2O2/c1-20(2)31-30(32(37)35-18-23-13-14-26(33)27(34)16-23)29-21(3)15-25(38-24-11-7-8-12-24)17-28(29)36(31)19-22-9-5-4-6-10-22/h4-6,9-10,13-17,20,24H,7-8,11-12,18-19H2,1-3H3,(H,35,37). The minimum Gasteiger partial charge on any atom is -0.490 e. The Morgan fingerprint density at radius 2 is 1.74 bits per heavy atom. The predicted molar refractivity (Wildman–Crippen MR) is 147 cm³/mol. The first-order valence-electron chi connectivity index (χ1n) is 13.4. The summed E-state index contributed by atoms with van der Waals surface area (Å²) in [5.74, 6) is -1.17. The number of halogens is 2. The molecule has 1 amide bonds. The van der Waals surface area contributed by atoms with Crippen molar-refractivity contribution in [2.24, 2.45) is 0 Å². The van der Waals surface area contributed by atoms with Crippen LogP contribution in [0.25, 0.3) is 10.9 Å². The molecular formula is C32H34F2N2O2. The Balaban J connectivity index is 1.59. The third-order valence-electron chi connectivity index (χ3n) is 7.38. The molecule has 6 heteroatoms. The van der Waals surface area contributed by atoms with Crippen molar-refractivity contribution in [3.8, 4) is 5.75 Å². The molecule has 0 saturated heterocycles. The van der Waals surface area contributed by atoms with Crippen molar-refractivity contribution in [1.29, 1.82) is 0 Å². The van der Waals surface area contributed by atoms with Crippen LogP contribution in [0.15, 0.2) is 60.7 Å². The molecule has 1 aromatic heterocycles. The molecule has 5 rings (SSSR count). The Hall–Kier alpha value is -3.67. The van der Waals surface area contributed by atoms with E-state index in [1.165, 1.54) is 18.9 Å². The number of carbonyl (C=O) groups excluding carboxylic acids is 1. The maximum atomic E-state index is 13.8. The Bertz CT molecular complexity index is 1450. The first kappa shape index (κ1) is 26.0. The summed E-state index contributed by atoms with van der Waals surface area (Å²) in [5, 5.41) is 3.85. The van der Waals surface area contributed by atoms with Gasteiger partial charge in [0, 0.05) is 30.2 Å². The number of carbonyl (C=O) groups is 1. The molecule has 3 aromatic carbocycles. The lowest BCUT2D eigenvalue weighted by atomic mass is 9.99. The van der Waals surface area contributed by atoms with Crippen LogP contribution in [0, 0.1) is 18.6 Å². The van der Waals surface area contributed by atoms with E-state index in [-0.39, 0.29) is 24.5 Å². The van der Waals surface area contributed by atoms with Crippen LogP contribution >= 0.6 is 0 Å². The molecule has 0 spiro atoms. The van der Waals surface area contributed by atoms with Gasteiger partial charge in [0.15, 0.2) is 11.6 Å². The highest BCUT2D eigenvalue weighted by molar-refractivity contribution is 6.10. The third-order valence-corrected chi connectivity index (χ3v) is 7.38. The summed E-state index contributed by atoms with van der Waals surface area (Å²) in [6.45, 7) is 6.92.